The molecule has 1 heterocycles. The molecule has 3 rings (SSSR count). The molecule has 0 spiro atoms. The van der Waals surface area contributed by atoms with Gasteiger partial charge in [0.05, 0.1) is 12.1 Å². The fourth-order valence-electron chi connectivity index (χ4n) is 2.16. The normalized spacial score (nSPS) is 13.6. The molecule has 0 aliphatic heterocycles. The number of rotatable bonds is 5. The Bertz CT molecular complexity index is 782. The molecule has 2 N–H and O–H groups in total. The van der Waals surface area contributed by atoms with Gasteiger partial charge in [-0.1, -0.05) is 6.07 Å². The molecular weight excluding hydrogens is 336 g/mol. The van der Waals surface area contributed by atoms with E-state index in [-0.39, 0.29) is 18.4 Å². The topological polar surface area (TPSA) is 71.1 Å². The van der Waals surface area contributed by atoms with Crippen molar-refractivity contribution in [1.29, 1.82) is 0 Å². The van der Waals surface area contributed by atoms with Gasteiger partial charge in [0.15, 0.2) is 0 Å². The Labute approximate surface area is 141 Å². The highest BCUT2D eigenvalue weighted by Crippen LogP contribution is 2.24. The molecule has 0 atom stereocenters. The number of hydrogen-bond donors (Lipinski definition) is 2. The molecule has 2 amide bonds. The second kappa shape index (κ2) is 6.64. The van der Waals surface area contributed by atoms with Crippen molar-refractivity contribution in [1.82, 2.24) is 10.3 Å². The first-order chi connectivity index (χ1) is 11.4. The molecule has 0 unspecified atom stereocenters. The minimum Gasteiger partial charge on any atom is -0.349 e. The molecule has 1 fully saturated rings. The number of aryl methyl sites for hydroxylation is 1. The molecule has 1 aromatic heterocycles. The van der Waals surface area contributed by atoms with E-state index >= 15 is 0 Å². The van der Waals surface area contributed by atoms with Gasteiger partial charge in [-0.15, -0.1) is 11.3 Å². The Morgan fingerprint density at radius 3 is 2.58 bits per heavy atom. The summed E-state index contributed by atoms with van der Waals surface area (Å²) in [6, 6.07) is 3.57. The second-order valence-electron chi connectivity index (χ2n) is 5.59. The van der Waals surface area contributed by atoms with Crippen molar-refractivity contribution in [2.75, 3.05) is 5.32 Å². The summed E-state index contributed by atoms with van der Waals surface area (Å²) in [7, 11) is 0. The van der Waals surface area contributed by atoms with Gasteiger partial charge in [-0.25, -0.2) is 13.8 Å². The van der Waals surface area contributed by atoms with Crippen LogP contribution in [0.3, 0.4) is 0 Å². The number of aromatic nitrogens is 1. The van der Waals surface area contributed by atoms with Crippen LogP contribution in [-0.4, -0.2) is 22.8 Å². The van der Waals surface area contributed by atoms with Crippen LogP contribution in [0.5, 0.6) is 0 Å². The molecule has 8 heteroatoms. The first-order valence-corrected chi connectivity index (χ1v) is 8.26. The summed E-state index contributed by atoms with van der Waals surface area (Å²) >= 11 is 1.11. The molecule has 0 saturated heterocycles. The average molecular weight is 351 g/mol. The van der Waals surface area contributed by atoms with Crippen LogP contribution in [0.25, 0.3) is 0 Å². The van der Waals surface area contributed by atoms with Gasteiger partial charge in [-0.3, -0.25) is 9.59 Å². The van der Waals surface area contributed by atoms with Gasteiger partial charge in [-0.05, 0) is 31.9 Å². The molecule has 1 aromatic carbocycles. The molecule has 1 saturated carbocycles. The number of halogens is 2. The third-order valence-electron chi connectivity index (χ3n) is 3.50. The fraction of sp³-hybridized carbons (Fsp3) is 0.312. The second-order valence-corrected chi connectivity index (χ2v) is 6.68. The Hall–Kier alpha value is -2.35. The van der Waals surface area contributed by atoms with Gasteiger partial charge >= 0.3 is 0 Å². The van der Waals surface area contributed by atoms with E-state index in [0.717, 1.165) is 36.3 Å². The van der Waals surface area contributed by atoms with E-state index in [1.807, 2.05) is 0 Å². The SMILES string of the molecule is Cc1nc(CC(=O)Nc2c(F)cccc2F)sc1C(=O)NC1CC1. The number of anilines is 1. The number of carbonyl (C=O) groups excluding carboxylic acids is 2. The van der Waals surface area contributed by atoms with E-state index < -0.39 is 23.2 Å². The molecule has 0 radical (unpaired) electrons. The number of carbonyl (C=O) groups is 2. The van der Waals surface area contributed by atoms with Crippen LogP contribution in [0.15, 0.2) is 18.2 Å². The summed E-state index contributed by atoms with van der Waals surface area (Å²) in [5.41, 5.74) is 0.0560. The lowest BCUT2D eigenvalue weighted by Gasteiger charge is -2.06. The van der Waals surface area contributed by atoms with E-state index in [0.29, 0.717) is 15.6 Å². The van der Waals surface area contributed by atoms with Crippen molar-refractivity contribution in [3.05, 3.63) is 45.4 Å². The third-order valence-corrected chi connectivity index (χ3v) is 4.65. The summed E-state index contributed by atoms with van der Waals surface area (Å²) < 4.78 is 27.1. The lowest BCUT2D eigenvalue weighted by Crippen LogP contribution is -2.25. The number of hydrogen-bond acceptors (Lipinski definition) is 4. The Kier molecular flexibility index (Phi) is 4.57. The lowest BCUT2D eigenvalue weighted by molar-refractivity contribution is -0.115. The monoisotopic (exact) mass is 351 g/mol. The van der Waals surface area contributed by atoms with Crippen molar-refractivity contribution in [2.45, 2.75) is 32.2 Å². The molecular formula is C16H15F2N3O2S. The lowest BCUT2D eigenvalue weighted by atomic mass is 10.2. The quantitative estimate of drug-likeness (QED) is 0.870. The number of amides is 2. The molecule has 1 aliphatic rings. The number of thiazole rings is 1. The van der Waals surface area contributed by atoms with Crippen molar-refractivity contribution in [2.24, 2.45) is 0 Å². The first-order valence-electron chi connectivity index (χ1n) is 7.45. The molecule has 0 bridgehead atoms. The predicted octanol–water partition coefficient (Wildman–Crippen LogP) is 2.80. The van der Waals surface area contributed by atoms with Crippen molar-refractivity contribution >= 4 is 28.8 Å². The minimum atomic E-state index is -0.844. The van der Waals surface area contributed by atoms with Crippen molar-refractivity contribution in [3.8, 4) is 0 Å². The van der Waals surface area contributed by atoms with Crippen LogP contribution in [0.2, 0.25) is 0 Å². The van der Waals surface area contributed by atoms with Crippen molar-refractivity contribution < 1.29 is 18.4 Å². The molecule has 2 aromatic rings. The summed E-state index contributed by atoms with van der Waals surface area (Å²) in [4.78, 5) is 28.7. The number of benzene rings is 1. The van der Waals surface area contributed by atoms with E-state index in [2.05, 4.69) is 15.6 Å². The zero-order valence-electron chi connectivity index (χ0n) is 12.9. The smallest absolute Gasteiger partial charge is 0.263 e. The van der Waals surface area contributed by atoms with Crippen LogP contribution in [-0.2, 0) is 11.2 Å². The molecule has 1 aliphatic carbocycles. The van der Waals surface area contributed by atoms with Crippen molar-refractivity contribution in [3.63, 3.8) is 0 Å². The van der Waals surface area contributed by atoms with Gasteiger partial charge < -0.3 is 10.6 Å². The number of nitrogens with zero attached hydrogens (tertiary/aromatic N) is 1. The van der Waals surface area contributed by atoms with Gasteiger partial charge in [0.2, 0.25) is 5.91 Å². The van der Waals surface area contributed by atoms with E-state index in [9.17, 15) is 18.4 Å². The highest BCUT2D eigenvalue weighted by molar-refractivity contribution is 7.13. The summed E-state index contributed by atoms with van der Waals surface area (Å²) in [6.45, 7) is 1.69. The van der Waals surface area contributed by atoms with E-state index in [1.165, 1.54) is 6.07 Å². The summed E-state index contributed by atoms with van der Waals surface area (Å²) in [5.74, 6) is -2.48. The maximum Gasteiger partial charge on any atom is 0.263 e. The largest absolute Gasteiger partial charge is 0.349 e. The van der Waals surface area contributed by atoms with E-state index in [4.69, 9.17) is 0 Å². The summed E-state index contributed by atoms with van der Waals surface area (Å²) in [5, 5.41) is 5.49. The maximum absolute atomic E-state index is 13.5. The summed E-state index contributed by atoms with van der Waals surface area (Å²) in [6.07, 6.45) is 1.80. The van der Waals surface area contributed by atoms with Crippen LogP contribution >= 0.6 is 11.3 Å². The van der Waals surface area contributed by atoms with Crippen LogP contribution in [0.4, 0.5) is 14.5 Å². The predicted molar refractivity (Wildman–Crippen MR) is 86.0 cm³/mol. The first kappa shape index (κ1) is 16.5. The number of para-hydroxylation sites is 1. The minimum absolute atomic E-state index is 0.157. The van der Waals surface area contributed by atoms with Gasteiger partial charge in [0, 0.05) is 6.04 Å². The molecule has 5 nitrogen and oxygen atoms in total. The van der Waals surface area contributed by atoms with E-state index in [1.54, 1.807) is 6.92 Å². The van der Waals surface area contributed by atoms with Crippen LogP contribution < -0.4 is 10.6 Å². The van der Waals surface area contributed by atoms with Gasteiger partial charge in [0.1, 0.15) is 27.2 Å². The maximum atomic E-state index is 13.5. The van der Waals surface area contributed by atoms with Gasteiger partial charge in [0.25, 0.3) is 5.91 Å². The number of nitrogens with one attached hydrogen (secondary N) is 2. The van der Waals surface area contributed by atoms with Gasteiger partial charge in [-0.2, -0.15) is 0 Å². The standard InChI is InChI=1S/C16H15F2N3O2S/c1-8-15(16(23)20-9-5-6-9)24-13(19-8)7-12(22)21-14-10(17)3-2-4-11(14)18/h2-4,9H,5-7H2,1H3,(H,20,23)(H,21,22). The fourth-order valence-corrected chi connectivity index (χ4v) is 3.12. The Morgan fingerprint density at radius 2 is 1.96 bits per heavy atom. The average Bonchev–Trinajstić information content (AvgIpc) is 3.25. The Balaban J connectivity index is 1.67. The van der Waals surface area contributed by atoms with Crippen LogP contribution in [0, 0.1) is 18.6 Å². The third kappa shape index (κ3) is 3.76. The zero-order chi connectivity index (χ0) is 17.3. The highest BCUT2D eigenvalue weighted by atomic mass is 32.1. The molecule has 126 valence electrons. The highest BCUT2D eigenvalue weighted by Gasteiger charge is 2.26. The Morgan fingerprint density at radius 1 is 1.29 bits per heavy atom. The van der Waals surface area contributed by atoms with Crippen LogP contribution in [0.1, 0.15) is 33.2 Å². The molecule has 24 heavy (non-hydrogen) atoms. The zero-order valence-corrected chi connectivity index (χ0v) is 13.7.